The Hall–Kier alpha value is -1.18. The van der Waals surface area contributed by atoms with Crippen LogP contribution >= 0.6 is 11.6 Å². The summed E-state index contributed by atoms with van der Waals surface area (Å²) < 4.78 is 26.5. The highest BCUT2D eigenvalue weighted by Gasteiger charge is 2.20. The summed E-state index contributed by atoms with van der Waals surface area (Å²) >= 11 is 5.84. The van der Waals surface area contributed by atoms with Crippen molar-refractivity contribution in [1.82, 2.24) is 14.6 Å². The zero-order valence-corrected chi connectivity index (χ0v) is 13.2. The molecule has 1 fully saturated rings. The Balaban J connectivity index is 1.88. The third-order valence-corrected chi connectivity index (χ3v) is 5.29. The lowest BCUT2D eigenvalue weighted by Gasteiger charge is -2.26. The van der Waals surface area contributed by atoms with Crippen molar-refractivity contribution in [2.24, 2.45) is 0 Å². The van der Waals surface area contributed by atoms with Crippen molar-refractivity contribution >= 4 is 27.5 Å². The van der Waals surface area contributed by atoms with E-state index in [1.165, 1.54) is 18.5 Å². The summed E-state index contributed by atoms with van der Waals surface area (Å²) in [4.78, 5) is 17.4. The number of nitrogens with zero attached hydrogens (tertiary/aromatic N) is 2. The smallest absolute Gasteiger partial charge is 0.243 e. The molecule has 0 aromatic carbocycles. The lowest BCUT2D eigenvalue weighted by atomic mass is 10.1. The van der Waals surface area contributed by atoms with Gasteiger partial charge in [0.15, 0.2) is 0 Å². The van der Waals surface area contributed by atoms with E-state index in [0.29, 0.717) is 0 Å². The van der Waals surface area contributed by atoms with E-state index in [1.54, 1.807) is 4.90 Å². The van der Waals surface area contributed by atoms with Crippen LogP contribution in [0.5, 0.6) is 0 Å². The lowest BCUT2D eigenvalue weighted by molar-refractivity contribution is -0.131. The molecule has 8 heteroatoms. The quantitative estimate of drug-likeness (QED) is 0.885. The van der Waals surface area contributed by atoms with Gasteiger partial charge >= 0.3 is 0 Å². The molecular weight excluding hydrogens is 314 g/mol. The minimum atomic E-state index is -3.73. The molecule has 21 heavy (non-hydrogen) atoms. The van der Waals surface area contributed by atoms with Crippen molar-refractivity contribution in [3.8, 4) is 0 Å². The predicted octanol–water partition coefficient (Wildman–Crippen LogP) is 1.42. The van der Waals surface area contributed by atoms with Crippen molar-refractivity contribution in [1.29, 1.82) is 0 Å². The monoisotopic (exact) mass is 331 g/mol. The SMILES string of the molecule is O=C(CCNS(=O)(=O)c1cnccc1Cl)N1CCCCC1. The molecular formula is C13H18ClN3O3S. The van der Waals surface area contributed by atoms with Crippen LogP contribution in [0.4, 0.5) is 0 Å². The van der Waals surface area contributed by atoms with E-state index >= 15 is 0 Å². The molecule has 0 saturated carbocycles. The summed E-state index contributed by atoms with van der Waals surface area (Å²) in [5, 5.41) is 0.111. The number of rotatable bonds is 5. The maximum atomic E-state index is 12.1. The van der Waals surface area contributed by atoms with Crippen molar-refractivity contribution in [3.63, 3.8) is 0 Å². The first-order valence-corrected chi connectivity index (χ1v) is 8.74. The molecule has 1 saturated heterocycles. The first kappa shape index (κ1) is 16.2. The van der Waals surface area contributed by atoms with Crippen LogP contribution in [0.3, 0.4) is 0 Å². The highest BCUT2D eigenvalue weighted by atomic mass is 35.5. The van der Waals surface area contributed by atoms with Crippen LogP contribution in [0, 0.1) is 0 Å². The second kappa shape index (κ2) is 7.20. The van der Waals surface area contributed by atoms with Crippen LogP contribution in [-0.4, -0.2) is 43.8 Å². The van der Waals surface area contributed by atoms with Gasteiger partial charge < -0.3 is 4.90 Å². The molecule has 0 unspecified atom stereocenters. The number of hydrogen-bond acceptors (Lipinski definition) is 4. The van der Waals surface area contributed by atoms with Gasteiger partial charge in [0, 0.05) is 38.4 Å². The Morgan fingerprint density at radius 1 is 1.33 bits per heavy atom. The summed E-state index contributed by atoms with van der Waals surface area (Å²) in [5.74, 6) is -0.0188. The van der Waals surface area contributed by atoms with Crippen LogP contribution in [0.25, 0.3) is 0 Å². The molecule has 1 aromatic rings. The highest BCUT2D eigenvalue weighted by Crippen LogP contribution is 2.18. The number of carbonyl (C=O) groups excluding carboxylic acids is 1. The third-order valence-electron chi connectivity index (χ3n) is 3.36. The molecule has 116 valence electrons. The van der Waals surface area contributed by atoms with Crippen molar-refractivity contribution in [3.05, 3.63) is 23.5 Å². The largest absolute Gasteiger partial charge is 0.343 e. The van der Waals surface area contributed by atoms with Crippen molar-refractivity contribution < 1.29 is 13.2 Å². The zero-order chi connectivity index (χ0) is 15.3. The molecule has 2 rings (SSSR count). The Labute approximate surface area is 129 Å². The molecule has 0 aliphatic carbocycles. The topological polar surface area (TPSA) is 79.4 Å². The zero-order valence-electron chi connectivity index (χ0n) is 11.6. The molecule has 0 atom stereocenters. The van der Waals surface area contributed by atoms with Gasteiger partial charge in [0.2, 0.25) is 15.9 Å². The average molecular weight is 332 g/mol. The summed E-state index contributed by atoms with van der Waals surface area (Å²) in [6, 6.07) is 1.41. The van der Waals surface area contributed by atoms with E-state index in [9.17, 15) is 13.2 Å². The molecule has 0 radical (unpaired) electrons. The summed E-state index contributed by atoms with van der Waals surface area (Å²) in [6.45, 7) is 1.59. The minimum Gasteiger partial charge on any atom is -0.343 e. The minimum absolute atomic E-state index is 0.0188. The fourth-order valence-electron chi connectivity index (χ4n) is 2.23. The fourth-order valence-corrected chi connectivity index (χ4v) is 3.69. The average Bonchev–Trinajstić information content (AvgIpc) is 2.48. The standard InChI is InChI=1S/C13H18ClN3O3S/c14-11-4-6-15-10-12(11)21(19,20)16-7-5-13(18)17-8-2-1-3-9-17/h4,6,10,16H,1-3,5,7-9H2. The number of halogens is 1. The van der Waals surface area contributed by atoms with E-state index < -0.39 is 10.0 Å². The number of aromatic nitrogens is 1. The molecule has 0 spiro atoms. The van der Waals surface area contributed by atoms with E-state index in [1.807, 2.05) is 0 Å². The first-order chi connectivity index (χ1) is 10.0. The van der Waals surface area contributed by atoms with Gasteiger partial charge in [-0.2, -0.15) is 0 Å². The molecule has 1 amide bonds. The Kier molecular flexibility index (Phi) is 5.55. The molecule has 1 aliphatic heterocycles. The van der Waals surface area contributed by atoms with Crippen LogP contribution in [0.1, 0.15) is 25.7 Å². The van der Waals surface area contributed by atoms with E-state index in [-0.39, 0.29) is 28.8 Å². The van der Waals surface area contributed by atoms with Crippen LogP contribution in [0.2, 0.25) is 5.02 Å². The molecule has 1 aliphatic rings. The molecule has 0 bridgehead atoms. The number of pyridine rings is 1. The highest BCUT2D eigenvalue weighted by molar-refractivity contribution is 7.89. The number of piperidine rings is 1. The molecule has 2 heterocycles. The molecule has 1 aromatic heterocycles. The lowest BCUT2D eigenvalue weighted by Crippen LogP contribution is -2.37. The predicted molar refractivity (Wildman–Crippen MR) is 79.5 cm³/mol. The van der Waals surface area contributed by atoms with Crippen molar-refractivity contribution in [2.75, 3.05) is 19.6 Å². The maximum absolute atomic E-state index is 12.1. The van der Waals surface area contributed by atoms with Crippen LogP contribution in [0.15, 0.2) is 23.4 Å². The van der Waals surface area contributed by atoms with Gasteiger partial charge in [-0.1, -0.05) is 11.6 Å². The number of nitrogens with one attached hydrogen (secondary N) is 1. The van der Waals surface area contributed by atoms with Gasteiger partial charge in [-0.15, -0.1) is 0 Å². The summed E-state index contributed by atoms with van der Waals surface area (Å²) in [7, 11) is -3.73. The summed E-state index contributed by atoms with van der Waals surface area (Å²) in [6.07, 6.45) is 5.94. The first-order valence-electron chi connectivity index (χ1n) is 6.87. The van der Waals surface area contributed by atoms with Gasteiger partial charge in [-0.05, 0) is 25.3 Å². The second-order valence-corrected chi connectivity index (χ2v) is 7.04. The molecule has 1 N–H and O–H groups in total. The van der Waals surface area contributed by atoms with Crippen LogP contribution in [-0.2, 0) is 14.8 Å². The normalized spacial score (nSPS) is 16.0. The van der Waals surface area contributed by atoms with Gasteiger partial charge in [0.05, 0.1) is 5.02 Å². The van der Waals surface area contributed by atoms with Gasteiger partial charge in [0.1, 0.15) is 4.90 Å². The van der Waals surface area contributed by atoms with E-state index in [4.69, 9.17) is 11.6 Å². The third kappa shape index (κ3) is 4.39. The van der Waals surface area contributed by atoms with Gasteiger partial charge in [-0.3, -0.25) is 9.78 Å². The van der Waals surface area contributed by atoms with E-state index in [2.05, 4.69) is 9.71 Å². The van der Waals surface area contributed by atoms with Crippen molar-refractivity contribution in [2.45, 2.75) is 30.6 Å². The Morgan fingerprint density at radius 2 is 2.05 bits per heavy atom. The number of amides is 1. The van der Waals surface area contributed by atoms with Crippen LogP contribution < -0.4 is 4.72 Å². The van der Waals surface area contributed by atoms with E-state index in [0.717, 1.165) is 32.4 Å². The molecule has 6 nitrogen and oxygen atoms in total. The number of sulfonamides is 1. The summed E-state index contributed by atoms with van der Waals surface area (Å²) in [5.41, 5.74) is 0. The number of carbonyl (C=O) groups is 1. The fraction of sp³-hybridized carbons (Fsp3) is 0.538. The Morgan fingerprint density at radius 3 is 2.71 bits per heavy atom. The number of likely N-dealkylation sites (tertiary alicyclic amines) is 1. The number of hydrogen-bond donors (Lipinski definition) is 1. The van der Waals surface area contributed by atoms with Gasteiger partial charge in [-0.25, -0.2) is 13.1 Å². The Bertz CT molecular complexity index is 600. The maximum Gasteiger partial charge on any atom is 0.243 e. The second-order valence-electron chi connectivity index (χ2n) is 4.90. The van der Waals surface area contributed by atoms with Gasteiger partial charge in [0.25, 0.3) is 0 Å².